The van der Waals surface area contributed by atoms with Gasteiger partial charge in [-0.2, -0.15) is 0 Å². The molecule has 0 bridgehead atoms. The summed E-state index contributed by atoms with van der Waals surface area (Å²) in [6, 6.07) is 28.7. The Bertz CT molecular complexity index is 1630. The molecular formula is C32H30N2O4S. The van der Waals surface area contributed by atoms with Crippen molar-refractivity contribution in [1.29, 1.82) is 0 Å². The van der Waals surface area contributed by atoms with Crippen molar-refractivity contribution in [3.05, 3.63) is 114 Å². The second kappa shape index (κ2) is 10.2. The molecule has 4 aromatic carbocycles. The summed E-state index contributed by atoms with van der Waals surface area (Å²) in [5.74, 6) is 1.84. The van der Waals surface area contributed by atoms with Crippen molar-refractivity contribution in [1.82, 2.24) is 0 Å². The molecule has 0 aromatic heterocycles. The van der Waals surface area contributed by atoms with E-state index in [-0.39, 0.29) is 22.8 Å². The van der Waals surface area contributed by atoms with Crippen LogP contribution in [0.25, 0.3) is 11.1 Å². The van der Waals surface area contributed by atoms with Crippen LogP contribution in [0.2, 0.25) is 0 Å². The highest BCUT2D eigenvalue weighted by molar-refractivity contribution is 7.92. The average Bonchev–Trinajstić information content (AvgIpc) is 3.47. The Hall–Kier alpha value is -4.23. The molecule has 4 aromatic rings. The molecule has 0 amide bonds. The molecule has 6 rings (SSSR count). The lowest BCUT2D eigenvalue weighted by Crippen LogP contribution is -2.29. The van der Waals surface area contributed by atoms with Gasteiger partial charge in [0.1, 0.15) is 11.5 Å². The molecule has 1 heterocycles. The molecule has 198 valence electrons. The molecule has 0 fully saturated rings. The zero-order valence-electron chi connectivity index (χ0n) is 21.8. The second-order valence-corrected chi connectivity index (χ2v) is 11.6. The van der Waals surface area contributed by atoms with E-state index in [1.165, 1.54) is 0 Å². The Morgan fingerprint density at radius 3 is 2.33 bits per heavy atom. The van der Waals surface area contributed by atoms with Crippen LogP contribution in [-0.2, 0) is 10.0 Å². The first-order valence-corrected chi connectivity index (χ1v) is 14.4. The molecule has 0 unspecified atom stereocenters. The second-order valence-electron chi connectivity index (χ2n) is 9.88. The molecule has 0 spiro atoms. The fraction of sp³-hybridized carbons (Fsp3) is 0.188. The number of rotatable bonds is 7. The Labute approximate surface area is 229 Å². The van der Waals surface area contributed by atoms with Crippen LogP contribution >= 0.6 is 0 Å². The van der Waals surface area contributed by atoms with Crippen molar-refractivity contribution in [3.63, 3.8) is 0 Å². The van der Waals surface area contributed by atoms with E-state index in [9.17, 15) is 8.42 Å². The van der Waals surface area contributed by atoms with Gasteiger partial charge in [0.15, 0.2) is 0 Å². The molecule has 6 nitrogen and oxygen atoms in total. The molecule has 2 N–H and O–H groups in total. The molecule has 1 aliphatic carbocycles. The van der Waals surface area contributed by atoms with Crippen molar-refractivity contribution >= 4 is 21.4 Å². The summed E-state index contributed by atoms with van der Waals surface area (Å²) in [4.78, 5) is 0.245. The van der Waals surface area contributed by atoms with Gasteiger partial charge in [0, 0.05) is 28.9 Å². The third-order valence-corrected chi connectivity index (χ3v) is 9.04. The first-order valence-electron chi connectivity index (χ1n) is 12.9. The van der Waals surface area contributed by atoms with Crippen LogP contribution in [-0.4, -0.2) is 22.6 Å². The zero-order chi connectivity index (χ0) is 27.0. The average molecular weight is 539 g/mol. The first kappa shape index (κ1) is 25.1. The minimum Gasteiger partial charge on any atom is -0.497 e. The van der Waals surface area contributed by atoms with Gasteiger partial charge < -0.3 is 14.8 Å². The molecule has 0 radical (unpaired) electrons. The summed E-state index contributed by atoms with van der Waals surface area (Å²) in [6.07, 6.45) is 5.27. The fourth-order valence-corrected chi connectivity index (χ4v) is 6.79. The van der Waals surface area contributed by atoms with E-state index in [1.807, 2.05) is 66.7 Å². The largest absolute Gasteiger partial charge is 0.497 e. The van der Waals surface area contributed by atoms with Gasteiger partial charge >= 0.3 is 0 Å². The lowest BCUT2D eigenvalue weighted by molar-refractivity contribution is 0.372. The van der Waals surface area contributed by atoms with Gasteiger partial charge in [-0.3, -0.25) is 4.72 Å². The first-order chi connectivity index (χ1) is 19.0. The van der Waals surface area contributed by atoms with Crippen LogP contribution in [0, 0.1) is 5.92 Å². The molecule has 2 aliphatic rings. The lowest BCUT2D eigenvalue weighted by atomic mass is 9.77. The lowest BCUT2D eigenvalue weighted by Gasteiger charge is -2.38. The number of ether oxygens (including phenoxy) is 2. The van der Waals surface area contributed by atoms with E-state index in [0.29, 0.717) is 5.69 Å². The topological polar surface area (TPSA) is 76.7 Å². The summed E-state index contributed by atoms with van der Waals surface area (Å²) in [7, 11) is -0.468. The summed E-state index contributed by atoms with van der Waals surface area (Å²) in [5.41, 5.74) is 5.60. The number of allylic oxidation sites excluding steroid dienone is 2. The normalized spacial score (nSPS) is 19.5. The molecule has 1 aliphatic heterocycles. The zero-order valence-corrected chi connectivity index (χ0v) is 22.6. The molecule has 0 saturated carbocycles. The third-order valence-electron chi connectivity index (χ3n) is 7.66. The van der Waals surface area contributed by atoms with Crippen molar-refractivity contribution in [2.75, 3.05) is 24.3 Å². The number of benzene rings is 4. The Morgan fingerprint density at radius 2 is 1.59 bits per heavy atom. The monoisotopic (exact) mass is 538 g/mol. The minimum atomic E-state index is -3.77. The highest BCUT2D eigenvalue weighted by Crippen LogP contribution is 2.51. The predicted molar refractivity (Wildman–Crippen MR) is 155 cm³/mol. The number of methoxy groups -OCH3 is 2. The van der Waals surface area contributed by atoms with Crippen LogP contribution in [0.15, 0.2) is 108 Å². The summed E-state index contributed by atoms with van der Waals surface area (Å²) < 4.78 is 40.6. The maximum Gasteiger partial charge on any atom is 0.261 e. The predicted octanol–water partition coefficient (Wildman–Crippen LogP) is 7.00. The number of fused-ring (bicyclic) bond motifs is 3. The fourth-order valence-electron chi connectivity index (χ4n) is 5.70. The van der Waals surface area contributed by atoms with E-state index < -0.39 is 10.0 Å². The molecule has 7 heteroatoms. The number of hydrogen-bond acceptors (Lipinski definition) is 5. The van der Waals surface area contributed by atoms with Gasteiger partial charge in [0.05, 0.1) is 25.2 Å². The Kier molecular flexibility index (Phi) is 6.53. The van der Waals surface area contributed by atoms with Crippen LogP contribution in [0.4, 0.5) is 11.4 Å². The standard InChI is InChI=1S/C32H30N2O4S/c1-37-24-15-17-28(31(19-24)38-2)32-27-10-6-9-26(27)29-20-25(16-18-30(29)33-32)39(35,36)34-23-13-11-22(12-14-23)21-7-4-3-5-8-21/h3-9,11-20,26-27,32-34H,10H2,1-2H3/t26-,27+,32-/m0/s1. The third kappa shape index (κ3) is 4.74. The highest BCUT2D eigenvalue weighted by Gasteiger charge is 2.39. The van der Waals surface area contributed by atoms with Crippen molar-refractivity contribution in [2.24, 2.45) is 5.92 Å². The van der Waals surface area contributed by atoms with Crippen molar-refractivity contribution in [2.45, 2.75) is 23.3 Å². The van der Waals surface area contributed by atoms with E-state index in [1.54, 1.807) is 38.5 Å². The van der Waals surface area contributed by atoms with Crippen LogP contribution < -0.4 is 19.5 Å². The van der Waals surface area contributed by atoms with Crippen molar-refractivity contribution in [3.8, 4) is 22.6 Å². The maximum atomic E-state index is 13.4. The van der Waals surface area contributed by atoms with E-state index in [2.05, 4.69) is 22.2 Å². The van der Waals surface area contributed by atoms with Gasteiger partial charge in [-0.05, 0) is 71.5 Å². The number of hydrogen-bond donors (Lipinski definition) is 2. The molecule has 3 atom stereocenters. The van der Waals surface area contributed by atoms with Crippen LogP contribution in [0.3, 0.4) is 0 Å². The SMILES string of the molecule is COc1ccc([C@H]2Nc3ccc(S(=O)(=O)Nc4ccc(-c5ccccc5)cc4)cc3[C@H]3C=CC[C@H]32)c(OC)c1. The van der Waals surface area contributed by atoms with Gasteiger partial charge in [-0.25, -0.2) is 8.42 Å². The van der Waals surface area contributed by atoms with Gasteiger partial charge in [0.2, 0.25) is 0 Å². The molecule has 39 heavy (non-hydrogen) atoms. The smallest absolute Gasteiger partial charge is 0.261 e. The van der Waals surface area contributed by atoms with Crippen LogP contribution in [0.5, 0.6) is 11.5 Å². The Morgan fingerprint density at radius 1 is 0.821 bits per heavy atom. The maximum absolute atomic E-state index is 13.4. The van der Waals surface area contributed by atoms with E-state index >= 15 is 0 Å². The van der Waals surface area contributed by atoms with Gasteiger partial charge in [-0.1, -0.05) is 54.6 Å². The van der Waals surface area contributed by atoms with E-state index in [4.69, 9.17) is 9.47 Å². The highest BCUT2D eigenvalue weighted by atomic mass is 32.2. The number of nitrogens with one attached hydrogen (secondary N) is 2. The summed E-state index contributed by atoms with van der Waals surface area (Å²) in [6.45, 7) is 0. The van der Waals surface area contributed by atoms with Gasteiger partial charge in [0.25, 0.3) is 10.0 Å². The summed E-state index contributed by atoms with van der Waals surface area (Å²) in [5, 5.41) is 3.67. The van der Waals surface area contributed by atoms with Gasteiger partial charge in [-0.15, -0.1) is 0 Å². The number of sulfonamides is 1. The van der Waals surface area contributed by atoms with E-state index in [0.717, 1.165) is 45.9 Å². The number of anilines is 2. The molecule has 0 saturated heterocycles. The Balaban J connectivity index is 1.28. The minimum absolute atomic E-state index is 0.0158. The van der Waals surface area contributed by atoms with Crippen LogP contribution in [0.1, 0.15) is 29.5 Å². The quantitative estimate of drug-likeness (QED) is 0.248. The van der Waals surface area contributed by atoms with Crippen molar-refractivity contribution < 1.29 is 17.9 Å². The summed E-state index contributed by atoms with van der Waals surface area (Å²) >= 11 is 0. The molecular weight excluding hydrogens is 508 g/mol.